The number of hydrogen-bond donors (Lipinski definition) is 1. The fourth-order valence-electron chi connectivity index (χ4n) is 8.37. The third kappa shape index (κ3) is 6.13. The number of piperidine rings is 2. The molecule has 0 atom stereocenters. The first kappa shape index (κ1) is 33.6. The third-order valence-electron chi connectivity index (χ3n) is 11.4. The number of likely N-dealkylation sites (tertiary alicyclic amines) is 2. The van der Waals surface area contributed by atoms with Crippen LogP contribution in [0.1, 0.15) is 48.6 Å². The molecule has 1 N–H and O–H groups in total. The van der Waals surface area contributed by atoms with Gasteiger partial charge in [-0.05, 0) is 80.6 Å². The van der Waals surface area contributed by atoms with Gasteiger partial charge < -0.3 is 19.3 Å². The first-order chi connectivity index (χ1) is 24.6. The maximum Gasteiger partial charge on any atom is 0.422 e. The highest BCUT2D eigenvalue weighted by Crippen LogP contribution is 2.48. The molecule has 4 aliphatic heterocycles. The van der Waals surface area contributed by atoms with E-state index >= 15 is 0 Å². The van der Waals surface area contributed by atoms with Gasteiger partial charge in [-0.15, -0.1) is 0 Å². The molecule has 1 amide bonds. The number of halogens is 3. The van der Waals surface area contributed by atoms with Crippen LogP contribution in [0, 0.1) is 12.3 Å². The van der Waals surface area contributed by atoms with E-state index in [1.807, 2.05) is 30.0 Å². The van der Waals surface area contributed by atoms with Crippen molar-refractivity contribution in [2.24, 2.45) is 5.41 Å². The highest BCUT2D eigenvalue weighted by molar-refractivity contribution is 6.07. The van der Waals surface area contributed by atoms with Crippen molar-refractivity contribution in [3.8, 4) is 16.9 Å². The number of carbonyl (C=O) groups excluding carboxylic acids is 1. The summed E-state index contributed by atoms with van der Waals surface area (Å²) in [4.78, 5) is 29.1. The molecule has 0 saturated carbocycles. The minimum atomic E-state index is -4.58. The number of nitrogens with zero attached hydrogens (tertiary/aromatic N) is 6. The number of H-pyrrole nitrogens is 1. The number of benzene rings is 2. The molecule has 4 saturated heterocycles. The van der Waals surface area contributed by atoms with Gasteiger partial charge in [0.2, 0.25) is 5.91 Å². The number of carbonyl (C=O) groups is 1. The third-order valence-corrected chi connectivity index (χ3v) is 11.4. The molecule has 0 unspecified atom stereocenters. The van der Waals surface area contributed by atoms with Gasteiger partial charge in [0.1, 0.15) is 17.2 Å². The number of anilines is 1. The lowest BCUT2D eigenvalue weighted by atomic mass is 9.72. The number of aromatic amines is 1. The molecule has 51 heavy (non-hydrogen) atoms. The Bertz CT molecular complexity index is 2000. The predicted octanol–water partition coefficient (Wildman–Crippen LogP) is 6.26. The number of nitrogens with one attached hydrogen (secondary N) is 1. The molecule has 4 aliphatic rings. The molecular formula is C38H42F3N7O3. The van der Waals surface area contributed by atoms with Gasteiger partial charge in [-0.1, -0.05) is 25.3 Å². The highest BCUT2D eigenvalue weighted by Gasteiger charge is 2.46. The lowest BCUT2D eigenvalue weighted by molar-refractivity contribution is -0.153. The van der Waals surface area contributed by atoms with E-state index in [1.165, 1.54) is 6.08 Å². The number of alkyl halides is 3. The van der Waals surface area contributed by atoms with Crippen LogP contribution in [-0.4, -0.2) is 107 Å². The van der Waals surface area contributed by atoms with Gasteiger partial charge in [-0.25, -0.2) is 9.97 Å². The molecule has 13 heteroatoms. The Balaban J connectivity index is 1.27. The smallest absolute Gasteiger partial charge is 0.422 e. The quantitative estimate of drug-likeness (QED) is 0.215. The Morgan fingerprint density at radius 2 is 1.82 bits per heavy atom. The SMILES string of the molecule is C=CC(=O)N1CC2(CCN(c3nc(C4CCN(C5COC5)CC4)nc4c(OCC(F)(F)F)c(-c5c(C)ccc6[nH]ncc56)c(C=C)cc34)CC2)C1. The predicted molar refractivity (Wildman–Crippen MR) is 190 cm³/mol. The zero-order chi connectivity index (χ0) is 35.5. The Morgan fingerprint density at radius 3 is 2.47 bits per heavy atom. The number of amides is 1. The van der Waals surface area contributed by atoms with Crippen LogP contribution < -0.4 is 9.64 Å². The van der Waals surface area contributed by atoms with Crippen LogP contribution in [0.5, 0.6) is 5.75 Å². The number of rotatable bonds is 8. The van der Waals surface area contributed by atoms with E-state index in [0.29, 0.717) is 65.9 Å². The average molecular weight is 702 g/mol. The van der Waals surface area contributed by atoms with Crippen LogP contribution in [0.4, 0.5) is 19.0 Å². The molecule has 6 heterocycles. The van der Waals surface area contributed by atoms with E-state index in [0.717, 1.165) is 74.0 Å². The lowest BCUT2D eigenvalue weighted by Crippen LogP contribution is -2.61. The Labute approximate surface area is 294 Å². The number of fused-ring (bicyclic) bond motifs is 2. The largest absolute Gasteiger partial charge is 0.481 e. The maximum atomic E-state index is 14.0. The fraction of sp³-hybridized carbons (Fsp3) is 0.474. The van der Waals surface area contributed by atoms with Crippen molar-refractivity contribution in [1.82, 2.24) is 30.0 Å². The van der Waals surface area contributed by atoms with Gasteiger partial charge in [0.25, 0.3) is 0 Å². The molecule has 1 spiro atoms. The van der Waals surface area contributed by atoms with Crippen LogP contribution in [0.15, 0.2) is 43.6 Å². The number of aryl methyl sites for hydroxylation is 1. The van der Waals surface area contributed by atoms with E-state index < -0.39 is 12.8 Å². The molecule has 4 fully saturated rings. The van der Waals surface area contributed by atoms with Crippen LogP contribution in [0.25, 0.3) is 39.0 Å². The van der Waals surface area contributed by atoms with E-state index in [1.54, 1.807) is 12.3 Å². The van der Waals surface area contributed by atoms with E-state index in [9.17, 15) is 18.0 Å². The standard InChI is InChI=1S/C38H42F3N7O3/c1-4-24-16-27-33(34(51-22-38(39,40)41)32(24)31-23(3)6-7-29-28(31)17-42-45-29)43-35(25-8-12-46(13-9-25)26-18-50-19-26)44-36(27)47-14-10-37(11-15-47)20-48(21-37)30(49)5-2/h4-7,16-17,25-26H,1-2,8-15,18-22H2,3H3,(H,42,45). The van der Waals surface area contributed by atoms with Crippen LogP contribution >= 0.6 is 0 Å². The van der Waals surface area contributed by atoms with Crippen molar-refractivity contribution in [1.29, 1.82) is 0 Å². The van der Waals surface area contributed by atoms with Crippen LogP contribution in [0.3, 0.4) is 0 Å². The number of hydrogen-bond acceptors (Lipinski definition) is 8. The molecule has 0 bridgehead atoms. The number of aromatic nitrogens is 4. The van der Waals surface area contributed by atoms with E-state index in [-0.39, 0.29) is 23.0 Å². The minimum Gasteiger partial charge on any atom is -0.481 e. The van der Waals surface area contributed by atoms with Crippen molar-refractivity contribution >= 4 is 39.6 Å². The highest BCUT2D eigenvalue weighted by atomic mass is 19.4. The van der Waals surface area contributed by atoms with E-state index in [2.05, 4.69) is 33.2 Å². The summed E-state index contributed by atoms with van der Waals surface area (Å²) >= 11 is 0. The second-order valence-electron chi connectivity index (χ2n) is 14.6. The van der Waals surface area contributed by atoms with Gasteiger partial charge in [0.15, 0.2) is 12.4 Å². The van der Waals surface area contributed by atoms with Gasteiger partial charge in [-0.3, -0.25) is 14.8 Å². The average Bonchev–Trinajstić information content (AvgIpc) is 3.57. The van der Waals surface area contributed by atoms with Crippen molar-refractivity contribution in [2.45, 2.75) is 50.7 Å². The zero-order valence-electron chi connectivity index (χ0n) is 28.8. The van der Waals surface area contributed by atoms with Gasteiger partial charge >= 0.3 is 6.18 Å². The number of ether oxygens (including phenoxy) is 2. The molecule has 8 rings (SSSR count). The summed E-state index contributed by atoms with van der Waals surface area (Å²) in [5.41, 5.74) is 3.86. The normalized spacial score (nSPS) is 20.1. The zero-order valence-corrected chi connectivity index (χ0v) is 28.8. The van der Waals surface area contributed by atoms with Crippen molar-refractivity contribution in [3.63, 3.8) is 0 Å². The van der Waals surface area contributed by atoms with Crippen LogP contribution in [0.2, 0.25) is 0 Å². The molecule has 2 aromatic heterocycles. The molecule has 0 radical (unpaired) electrons. The van der Waals surface area contributed by atoms with Gasteiger partial charge in [-0.2, -0.15) is 18.3 Å². The van der Waals surface area contributed by atoms with Gasteiger partial charge in [0.05, 0.1) is 31.0 Å². The second kappa shape index (κ2) is 12.9. The summed E-state index contributed by atoms with van der Waals surface area (Å²) in [5.74, 6) is 1.37. The van der Waals surface area contributed by atoms with Gasteiger partial charge in [0, 0.05) is 53.8 Å². The summed E-state index contributed by atoms with van der Waals surface area (Å²) in [7, 11) is 0. The molecule has 4 aromatic rings. The Hall–Kier alpha value is -4.49. The summed E-state index contributed by atoms with van der Waals surface area (Å²) in [6.07, 6.45) is 3.53. The summed E-state index contributed by atoms with van der Waals surface area (Å²) < 4.78 is 53.3. The maximum absolute atomic E-state index is 14.0. The first-order valence-corrected chi connectivity index (χ1v) is 17.7. The van der Waals surface area contributed by atoms with Crippen molar-refractivity contribution < 1.29 is 27.4 Å². The lowest BCUT2D eigenvalue weighted by Gasteiger charge is -2.54. The summed E-state index contributed by atoms with van der Waals surface area (Å²) in [6, 6.07) is 6.21. The first-order valence-electron chi connectivity index (χ1n) is 17.7. The Kier molecular flexibility index (Phi) is 8.53. The molecule has 10 nitrogen and oxygen atoms in total. The van der Waals surface area contributed by atoms with Crippen molar-refractivity contribution in [3.05, 3.63) is 60.6 Å². The van der Waals surface area contributed by atoms with Crippen molar-refractivity contribution in [2.75, 3.05) is 64.0 Å². The molecule has 0 aliphatic carbocycles. The minimum absolute atomic E-state index is 0.0312. The Morgan fingerprint density at radius 1 is 1.08 bits per heavy atom. The molecule has 2 aromatic carbocycles. The van der Waals surface area contributed by atoms with E-state index in [4.69, 9.17) is 19.4 Å². The molecule has 268 valence electrons. The van der Waals surface area contributed by atoms with Crippen LogP contribution in [-0.2, 0) is 9.53 Å². The summed E-state index contributed by atoms with van der Waals surface area (Å²) in [6.45, 7) is 14.2. The summed E-state index contributed by atoms with van der Waals surface area (Å²) in [5, 5.41) is 8.63. The monoisotopic (exact) mass is 701 g/mol. The molecular weight excluding hydrogens is 659 g/mol. The fourth-order valence-corrected chi connectivity index (χ4v) is 8.37. The second-order valence-corrected chi connectivity index (χ2v) is 14.6. The topological polar surface area (TPSA) is 99.7 Å².